The molecule has 0 amide bonds. The molecule has 1 saturated heterocycles. The highest BCUT2D eigenvalue weighted by atomic mass is 79.9. The highest BCUT2D eigenvalue weighted by Crippen LogP contribution is 2.10. The molecule has 1 aromatic rings. The molecule has 2 rings (SSSR count). The van der Waals surface area contributed by atoms with E-state index < -0.39 is 0 Å². The molecule has 1 fully saturated rings. The Morgan fingerprint density at radius 1 is 1.35 bits per heavy atom. The zero-order chi connectivity index (χ0) is 11.2. The van der Waals surface area contributed by atoms with E-state index in [0.29, 0.717) is 0 Å². The first-order valence-electron chi connectivity index (χ1n) is 5.86. The van der Waals surface area contributed by atoms with Gasteiger partial charge in [-0.2, -0.15) is 0 Å². The van der Waals surface area contributed by atoms with E-state index in [4.69, 9.17) is 0 Å². The lowest BCUT2D eigenvalue weighted by Gasteiger charge is -2.22. The molecule has 0 radical (unpaired) electrons. The van der Waals surface area contributed by atoms with Crippen molar-refractivity contribution >= 4 is 28.3 Å². The third-order valence-corrected chi connectivity index (χ3v) is 3.48. The summed E-state index contributed by atoms with van der Waals surface area (Å²) in [5, 5.41) is 6.89. The molecule has 2 N–H and O–H groups in total. The zero-order valence-electron chi connectivity index (χ0n) is 9.79. The van der Waals surface area contributed by atoms with Crippen LogP contribution in [-0.2, 0) is 6.54 Å². The van der Waals surface area contributed by atoms with Gasteiger partial charge in [-0.1, -0.05) is 6.07 Å². The molecule has 2 heterocycles. The van der Waals surface area contributed by atoms with Gasteiger partial charge in [0.05, 0.1) is 0 Å². The number of piperidine rings is 1. The number of nitrogens with zero attached hydrogens (tertiary/aromatic N) is 1. The summed E-state index contributed by atoms with van der Waals surface area (Å²) in [7, 11) is 0. The first-order valence-corrected chi connectivity index (χ1v) is 6.66. The van der Waals surface area contributed by atoms with Crippen molar-refractivity contribution in [1.82, 2.24) is 15.6 Å². The molecule has 17 heavy (non-hydrogen) atoms. The second-order valence-electron chi connectivity index (χ2n) is 4.31. The molecule has 3 nitrogen and oxygen atoms in total. The molecule has 0 unspecified atom stereocenters. The molecule has 5 heteroatoms. The van der Waals surface area contributed by atoms with Crippen LogP contribution in [0.5, 0.6) is 0 Å². The summed E-state index contributed by atoms with van der Waals surface area (Å²) in [6.07, 6.45) is 4.51. The normalized spacial score (nSPS) is 16.5. The average Bonchev–Trinajstić information content (AvgIpc) is 2.33. The van der Waals surface area contributed by atoms with Crippen LogP contribution in [0.3, 0.4) is 0 Å². The predicted octanol–water partition coefficient (Wildman–Crippen LogP) is 2.36. The van der Waals surface area contributed by atoms with Gasteiger partial charge in [0.25, 0.3) is 0 Å². The standard InChI is InChI=1S/C12H18BrN3.ClH/c13-12-2-1-11(9-16-12)8-15-7-10-3-5-14-6-4-10;/h1-2,9-10,14-15H,3-8H2;1H. The van der Waals surface area contributed by atoms with Gasteiger partial charge in [0, 0.05) is 12.7 Å². The maximum absolute atomic E-state index is 4.21. The summed E-state index contributed by atoms with van der Waals surface area (Å²) in [5.41, 5.74) is 1.25. The summed E-state index contributed by atoms with van der Waals surface area (Å²) in [6, 6.07) is 4.09. The summed E-state index contributed by atoms with van der Waals surface area (Å²) in [5.74, 6) is 0.838. The number of aromatic nitrogens is 1. The fourth-order valence-electron chi connectivity index (χ4n) is 2.02. The topological polar surface area (TPSA) is 37.0 Å². The maximum Gasteiger partial charge on any atom is 0.106 e. The summed E-state index contributed by atoms with van der Waals surface area (Å²) < 4.78 is 0.898. The summed E-state index contributed by atoms with van der Waals surface area (Å²) >= 11 is 3.34. The van der Waals surface area contributed by atoms with Crippen molar-refractivity contribution in [2.45, 2.75) is 19.4 Å². The number of hydrogen-bond donors (Lipinski definition) is 2. The molecule has 0 saturated carbocycles. The van der Waals surface area contributed by atoms with Crippen molar-refractivity contribution in [3.8, 4) is 0 Å². The van der Waals surface area contributed by atoms with E-state index >= 15 is 0 Å². The van der Waals surface area contributed by atoms with Crippen LogP contribution in [0.2, 0.25) is 0 Å². The van der Waals surface area contributed by atoms with Gasteiger partial charge in [-0.15, -0.1) is 12.4 Å². The minimum atomic E-state index is 0. The Hall–Kier alpha value is -0.160. The number of nitrogens with one attached hydrogen (secondary N) is 2. The van der Waals surface area contributed by atoms with Gasteiger partial charge >= 0.3 is 0 Å². The van der Waals surface area contributed by atoms with Gasteiger partial charge in [0.1, 0.15) is 4.60 Å². The van der Waals surface area contributed by atoms with E-state index in [-0.39, 0.29) is 12.4 Å². The van der Waals surface area contributed by atoms with Crippen molar-refractivity contribution in [3.05, 3.63) is 28.5 Å². The number of halogens is 2. The monoisotopic (exact) mass is 319 g/mol. The van der Waals surface area contributed by atoms with E-state index in [2.05, 4.69) is 37.6 Å². The van der Waals surface area contributed by atoms with Crippen molar-refractivity contribution in [3.63, 3.8) is 0 Å². The Bertz CT molecular complexity index is 312. The van der Waals surface area contributed by atoms with Gasteiger partial charge in [-0.3, -0.25) is 0 Å². The first-order chi connectivity index (χ1) is 7.84. The van der Waals surface area contributed by atoms with Crippen LogP contribution in [0.25, 0.3) is 0 Å². The second kappa shape index (κ2) is 8.03. The molecular formula is C12H19BrClN3. The van der Waals surface area contributed by atoms with Gasteiger partial charge in [-0.05, 0) is 66.0 Å². The molecular weight excluding hydrogens is 302 g/mol. The maximum atomic E-state index is 4.21. The van der Waals surface area contributed by atoms with Crippen molar-refractivity contribution in [2.75, 3.05) is 19.6 Å². The SMILES string of the molecule is Brc1ccc(CNCC2CCNCC2)cn1.Cl. The molecule has 0 atom stereocenters. The third-order valence-electron chi connectivity index (χ3n) is 3.01. The van der Waals surface area contributed by atoms with Crippen LogP contribution in [0.1, 0.15) is 18.4 Å². The highest BCUT2D eigenvalue weighted by Gasteiger charge is 2.11. The summed E-state index contributed by atoms with van der Waals surface area (Å²) in [6.45, 7) is 4.39. The van der Waals surface area contributed by atoms with Gasteiger partial charge in [-0.25, -0.2) is 4.98 Å². The van der Waals surface area contributed by atoms with Crippen LogP contribution in [0.15, 0.2) is 22.9 Å². The largest absolute Gasteiger partial charge is 0.317 e. The summed E-state index contributed by atoms with van der Waals surface area (Å²) in [4.78, 5) is 4.21. The third kappa shape index (κ3) is 5.34. The zero-order valence-corrected chi connectivity index (χ0v) is 12.2. The molecule has 0 spiro atoms. The van der Waals surface area contributed by atoms with Gasteiger partial charge in [0.2, 0.25) is 0 Å². The number of hydrogen-bond acceptors (Lipinski definition) is 3. The highest BCUT2D eigenvalue weighted by molar-refractivity contribution is 9.10. The van der Waals surface area contributed by atoms with Crippen LogP contribution < -0.4 is 10.6 Å². The van der Waals surface area contributed by atoms with Crippen LogP contribution >= 0.6 is 28.3 Å². The Labute approximate surface area is 117 Å². The Morgan fingerprint density at radius 3 is 2.76 bits per heavy atom. The molecule has 96 valence electrons. The van der Waals surface area contributed by atoms with Crippen LogP contribution in [0, 0.1) is 5.92 Å². The number of rotatable bonds is 4. The van der Waals surface area contributed by atoms with E-state index in [0.717, 1.165) is 23.6 Å². The fraction of sp³-hybridized carbons (Fsp3) is 0.583. The van der Waals surface area contributed by atoms with Crippen molar-refractivity contribution in [2.24, 2.45) is 5.92 Å². The molecule has 1 aliphatic rings. The molecule has 0 bridgehead atoms. The lowest BCUT2D eigenvalue weighted by atomic mass is 9.98. The van der Waals surface area contributed by atoms with E-state index in [1.807, 2.05) is 12.3 Å². The Kier molecular flexibility index (Phi) is 7.04. The van der Waals surface area contributed by atoms with Crippen LogP contribution in [0.4, 0.5) is 0 Å². The minimum absolute atomic E-state index is 0. The number of pyridine rings is 1. The fourth-order valence-corrected chi connectivity index (χ4v) is 2.25. The molecule has 1 aliphatic heterocycles. The Morgan fingerprint density at radius 2 is 2.12 bits per heavy atom. The lowest BCUT2D eigenvalue weighted by Crippen LogP contribution is -2.33. The van der Waals surface area contributed by atoms with Crippen molar-refractivity contribution in [1.29, 1.82) is 0 Å². The molecule has 0 aliphatic carbocycles. The Balaban J connectivity index is 0.00000144. The van der Waals surface area contributed by atoms with E-state index in [1.165, 1.54) is 31.5 Å². The van der Waals surface area contributed by atoms with Gasteiger partial charge < -0.3 is 10.6 Å². The first kappa shape index (κ1) is 14.9. The van der Waals surface area contributed by atoms with Crippen LogP contribution in [-0.4, -0.2) is 24.6 Å². The smallest absolute Gasteiger partial charge is 0.106 e. The quantitative estimate of drug-likeness (QED) is 0.836. The van der Waals surface area contributed by atoms with Crippen molar-refractivity contribution < 1.29 is 0 Å². The van der Waals surface area contributed by atoms with Gasteiger partial charge in [0.15, 0.2) is 0 Å². The van der Waals surface area contributed by atoms with E-state index in [9.17, 15) is 0 Å². The lowest BCUT2D eigenvalue weighted by molar-refractivity contribution is 0.356. The predicted molar refractivity (Wildman–Crippen MR) is 76.5 cm³/mol. The molecule has 0 aromatic carbocycles. The van der Waals surface area contributed by atoms with E-state index in [1.54, 1.807) is 0 Å². The minimum Gasteiger partial charge on any atom is -0.317 e. The second-order valence-corrected chi connectivity index (χ2v) is 5.13. The molecule has 1 aromatic heterocycles. The average molecular weight is 321 g/mol.